The van der Waals surface area contributed by atoms with Gasteiger partial charge in [0.15, 0.2) is 6.10 Å². The minimum absolute atomic E-state index is 0.167. The van der Waals surface area contributed by atoms with E-state index in [1.807, 2.05) is 0 Å². The molecule has 458 valence electrons. The molecule has 0 radical (unpaired) electrons. The number of carbonyl (C=O) groups is 3. The summed E-state index contributed by atoms with van der Waals surface area (Å²) < 4.78 is 39.7. The Hall–Kier alpha value is -2.30. The smallest absolute Gasteiger partial charge is 0.462 e. The normalized spacial score (nSPS) is 13.4. The van der Waals surface area contributed by atoms with Crippen LogP contribution in [0.3, 0.4) is 0 Å². The molecular weight excluding hydrogens is 1000 g/mol. The molecule has 3 atom stereocenters. The van der Waals surface area contributed by atoms with E-state index in [4.69, 9.17) is 23.3 Å². The third-order valence-electron chi connectivity index (χ3n) is 14.5. The lowest BCUT2D eigenvalue weighted by Crippen LogP contribution is -2.30. The zero-order valence-electron chi connectivity index (χ0n) is 50.9. The summed E-state index contributed by atoms with van der Waals surface area (Å²) in [6, 6.07) is 0. The number of allylic oxidation sites excluding steroid dienone is 6. The molecule has 0 aromatic heterocycles. The number of hydrogen-bond acceptors (Lipinski definition) is 10. The second-order valence-corrected chi connectivity index (χ2v) is 23.7. The zero-order chi connectivity index (χ0) is 56.9. The molecule has 11 nitrogen and oxygen atoms in total. The molecule has 0 saturated carbocycles. The van der Waals surface area contributed by atoms with Crippen LogP contribution in [-0.4, -0.2) is 66.5 Å². The quantitative estimate of drug-likeness (QED) is 0.0197. The van der Waals surface area contributed by atoms with Crippen molar-refractivity contribution in [3.8, 4) is 0 Å². The largest absolute Gasteiger partial charge is 0.472 e. The third-order valence-corrected chi connectivity index (χ3v) is 15.5. The molecule has 0 spiro atoms. The molecule has 0 aromatic carbocycles. The molecule has 0 saturated heterocycles. The second-order valence-electron chi connectivity index (χ2n) is 22.3. The molecule has 78 heavy (non-hydrogen) atoms. The molecule has 0 aliphatic rings. The summed E-state index contributed by atoms with van der Waals surface area (Å²) in [4.78, 5) is 48.8. The third kappa shape index (κ3) is 58.4. The number of aliphatic hydroxyl groups is 1. The number of esters is 3. The molecule has 3 unspecified atom stereocenters. The summed E-state index contributed by atoms with van der Waals surface area (Å²) in [5.41, 5.74) is 0. The van der Waals surface area contributed by atoms with Gasteiger partial charge in [0.25, 0.3) is 0 Å². The van der Waals surface area contributed by atoms with E-state index in [1.165, 1.54) is 186 Å². The van der Waals surface area contributed by atoms with E-state index < -0.39 is 57.8 Å². The SMILES string of the molecule is CCCCCCCC/C=C\CCCCCCCCCCCC(=O)OC(COC(=O)CCCCCCCCC/C=C\CCCCCCCC)COP(=O)(O)OCC(CO)OC(=O)CCCCCCC/C=C\CCCCCCCC. The monoisotopic (exact) mass is 1120 g/mol. The van der Waals surface area contributed by atoms with E-state index in [1.54, 1.807) is 0 Å². The molecular formula is C66H123O11P. The van der Waals surface area contributed by atoms with E-state index in [0.29, 0.717) is 19.3 Å². The maximum absolute atomic E-state index is 13.0. The highest BCUT2D eigenvalue weighted by atomic mass is 31.2. The van der Waals surface area contributed by atoms with E-state index in [9.17, 15) is 28.9 Å². The molecule has 0 aliphatic carbocycles. The molecule has 2 N–H and O–H groups in total. The van der Waals surface area contributed by atoms with Crippen LogP contribution in [0.4, 0.5) is 0 Å². The van der Waals surface area contributed by atoms with Crippen molar-refractivity contribution >= 4 is 25.7 Å². The van der Waals surface area contributed by atoms with Crippen LogP contribution in [0.1, 0.15) is 329 Å². The Labute approximate surface area is 480 Å². The van der Waals surface area contributed by atoms with Crippen molar-refractivity contribution in [3.05, 3.63) is 36.5 Å². The van der Waals surface area contributed by atoms with Gasteiger partial charge in [-0.1, -0.05) is 250 Å². The van der Waals surface area contributed by atoms with Crippen LogP contribution in [-0.2, 0) is 42.2 Å². The highest BCUT2D eigenvalue weighted by Crippen LogP contribution is 2.43. The lowest BCUT2D eigenvalue weighted by Gasteiger charge is -2.21. The highest BCUT2D eigenvalue weighted by Gasteiger charge is 2.28. The Kier molecular flexibility index (Phi) is 59.0. The molecule has 0 rings (SSSR count). The number of carbonyl (C=O) groups excluding carboxylic acids is 3. The molecule has 0 aromatic rings. The van der Waals surface area contributed by atoms with Gasteiger partial charge in [-0.3, -0.25) is 23.4 Å². The number of phosphoric ester groups is 1. The van der Waals surface area contributed by atoms with E-state index in [-0.39, 0.29) is 25.9 Å². The van der Waals surface area contributed by atoms with Gasteiger partial charge >= 0.3 is 25.7 Å². The minimum atomic E-state index is -4.75. The standard InChI is InChI=1S/C66H123O11P/c1-4-7-10-13-16-19-22-25-28-30-31-33-36-39-42-45-48-51-54-57-66(70)77-63(59-73-64(68)55-52-49-46-43-40-37-35-32-29-26-23-20-17-14-11-8-5-2)61-75-78(71,72)74-60-62(58-67)76-65(69)56-53-50-47-44-41-38-34-27-24-21-18-15-12-9-6-3/h25-29,34,62-63,67H,4-24,30-33,35-61H2,1-3H3,(H,71,72)/b28-25-,29-26-,34-27-. The number of ether oxygens (including phenoxy) is 3. The Morgan fingerprint density at radius 2 is 0.590 bits per heavy atom. The van der Waals surface area contributed by atoms with Crippen molar-refractivity contribution in [1.29, 1.82) is 0 Å². The summed E-state index contributed by atoms with van der Waals surface area (Å²) in [6.45, 7) is 4.68. The summed E-state index contributed by atoms with van der Waals surface area (Å²) in [6.07, 6.45) is 65.2. The van der Waals surface area contributed by atoms with Gasteiger partial charge in [-0.05, 0) is 96.3 Å². The van der Waals surface area contributed by atoms with Crippen LogP contribution < -0.4 is 0 Å². The molecule has 0 amide bonds. The highest BCUT2D eigenvalue weighted by molar-refractivity contribution is 7.47. The summed E-state index contributed by atoms with van der Waals surface area (Å²) in [5, 5.41) is 9.85. The van der Waals surface area contributed by atoms with Gasteiger partial charge in [-0.25, -0.2) is 4.57 Å². The molecule has 12 heteroatoms. The molecule has 0 heterocycles. The van der Waals surface area contributed by atoms with E-state index in [2.05, 4.69) is 57.2 Å². The first-order valence-corrected chi connectivity index (χ1v) is 34.4. The Morgan fingerprint density at radius 3 is 0.885 bits per heavy atom. The van der Waals surface area contributed by atoms with Crippen molar-refractivity contribution < 1.29 is 52.2 Å². The van der Waals surface area contributed by atoms with Crippen LogP contribution in [0.5, 0.6) is 0 Å². The van der Waals surface area contributed by atoms with Crippen molar-refractivity contribution in [2.24, 2.45) is 0 Å². The van der Waals surface area contributed by atoms with Crippen LogP contribution in [0, 0.1) is 0 Å². The van der Waals surface area contributed by atoms with Gasteiger partial charge in [-0.2, -0.15) is 0 Å². The number of rotatable bonds is 62. The zero-order valence-corrected chi connectivity index (χ0v) is 51.8. The van der Waals surface area contributed by atoms with Gasteiger partial charge in [-0.15, -0.1) is 0 Å². The van der Waals surface area contributed by atoms with Crippen LogP contribution in [0.15, 0.2) is 36.5 Å². The van der Waals surface area contributed by atoms with Gasteiger partial charge in [0, 0.05) is 19.3 Å². The Bertz CT molecular complexity index is 1450. The number of aliphatic hydroxyl groups excluding tert-OH is 1. The van der Waals surface area contributed by atoms with Crippen molar-refractivity contribution in [1.82, 2.24) is 0 Å². The van der Waals surface area contributed by atoms with E-state index in [0.717, 1.165) is 83.5 Å². The maximum atomic E-state index is 13.0. The lowest BCUT2D eigenvalue weighted by molar-refractivity contribution is -0.161. The fraction of sp³-hybridized carbons (Fsp3) is 0.864. The van der Waals surface area contributed by atoms with Crippen molar-refractivity contribution in [3.63, 3.8) is 0 Å². The first kappa shape index (κ1) is 75.7. The average Bonchev–Trinajstić information content (AvgIpc) is 3.43. The van der Waals surface area contributed by atoms with Gasteiger partial charge in [0.2, 0.25) is 0 Å². The van der Waals surface area contributed by atoms with E-state index >= 15 is 0 Å². The number of hydrogen-bond donors (Lipinski definition) is 2. The fourth-order valence-corrected chi connectivity index (χ4v) is 10.2. The summed E-state index contributed by atoms with van der Waals surface area (Å²) in [5.74, 6) is -1.46. The minimum Gasteiger partial charge on any atom is -0.462 e. The lowest BCUT2D eigenvalue weighted by atomic mass is 10.1. The van der Waals surface area contributed by atoms with Crippen LogP contribution in [0.25, 0.3) is 0 Å². The van der Waals surface area contributed by atoms with Gasteiger partial charge in [0.05, 0.1) is 19.8 Å². The fourth-order valence-electron chi connectivity index (χ4n) is 9.46. The molecule has 0 aliphatic heterocycles. The van der Waals surface area contributed by atoms with Crippen LogP contribution >= 0.6 is 7.82 Å². The van der Waals surface area contributed by atoms with Gasteiger partial charge in [0.1, 0.15) is 12.7 Å². The molecule has 0 bridgehead atoms. The average molecular weight is 1120 g/mol. The molecule has 0 fully saturated rings. The first-order valence-electron chi connectivity index (χ1n) is 32.9. The van der Waals surface area contributed by atoms with Gasteiger partial charge < -0.3 is 24.2 Å². The first-order chi connectivity index (χ1) is 38.2. The Balaban J connectivity index is 4.68. The number of phosphoric acid groups is 1. The predicted molar refractivity (Wildman–Crippen MR) is 326 cm³/mol. The predicted octanol–water partition coefficient (Wildman–Crippen LogP) is 19.9. The Morgan fingerprint density at radius 1 is 0.346 bits per heavy atom. The summed E-state index contributed by atoms with van der Waals surface area (Å²) in [7, 11) is -4.75. The summed E-state index contributed by atoms with van der Waals surface area (Å²) >= 11 is 0. The topological polar surface area (TPSA) is 155 Å². The second kappa shape index (κ2) is 60.8. The van der Waals surface area contributed by atoms with Crippen LogP contribution in [0.2, 0.25) is 0 Å². The maximum Gasteiger partial charge on any atom is 0.472 e. The van der Waals surface area contributed by atoms with Crippen molar-refractivity contribution in [2.45, 2.75) is 341 Å². The van der Waals surface area contributed by atoms with Crippen molar-refractivity contribution in [2.75, 3.05) is 26.4 Å². The number of unbranched alkanes of at least 4 members (excludes halogenated alkanes) is 39.